The summed E-state index contributed by atoms with van der Waals surface area (Å²) in [5.41, 5.74) is 1.41. The van der Waals surface area contributed by atoms with Gasteiger partial charge in [0.2, 0.25) is 0 Å². The number of benzene rings is 1. The van der Waals surface area contributed by atoms with Crippen molar-refractivity contribution in [3.63, 3.8) is 0 Å². The first-order valence-corrected chi connectivity index (χ1v) is 7.68. The van der Waals surface area contributed by atoms with Crippen LogP contribution in [-0.4, -0.2) is 36.7 Å². The van der Waals surface area contributed by atoms with Crippen molar-refractivity contribution in [3.8, 4) is 0 Å². The van der Waals surface area contributed by atoms with Gasteiger partial charge in [0.05, 0.1) is 6.04 Å². The Bertz CT molecular complexity index is 592. The number of nitrogens with one attached hydrogen (secondary N) is 1. The smallest absolute Gasteiger partial charge is 0.317 e. The predicted molar refractivity (Wildman–Crippen MR) is 84.0 cm³/mol. The summed E-state index contributed by atoms with van der Waals surface area (Å²) in [7, 11) is 0. The molecule has 4 nitrogen and oxygen atoms in total. The molecule has 2 amide bonds. The van der Waals surface area contributed by atoms with E-state index in [4.69, 9.17) is 4.74 Å². The molecule has 0 aliphatic carbocycles. The normalized spacial score (nSPS) is 20.3. The summed E-state index contributed by atoms with van der Waals surface area (Å²) < 4.78 is 32.1. The minimum Gasteiger partial charge on any atom is -0.371 e. The average Bonchev–Trinajstić information content (AvgIpc) is 2.95. The molecule has 1 aliphatic rings. The number of urea groups is 1. The van der Waals surface area contributed by atoms with Gasteiger partial charge in [-0.25, -0.2) is 13.6 Å². The molecule has 1 fully saturated rings. The lowest BCUT2D eigenvalue weighted by molar-refractivity contribution is 0.0979. The topological polar surface area (TPSA) is 41.6 Å². The minimum atomic E-state index is -0.916. The highest BCUT2D eigenvalue weighted by Crippen LogP contribution is 2.30. The Balaban J connectivity index is 2.07. The maximum Gasteiger partial charge on any atom is 0.317 e. The third kappa shape index (κ3) is 4.28. The molecular formula is C17H22F2N2O2. The third-order valence-electron chi connectivity index (χ3n) is 3.80. The fourth-order valence-corrected chi connectivity index (χ4v) is 2.66. The lowest BCUT2D eigenvalue weighted by Gasteiger charge is -2.26. The number of ether oxygens (including phenoxy) is 1. The number of likely N-dealkylation sites (N-methyl/N-ethyl adjacent to an activating group) is 1. The molecule has 0 bridgehead atoms. The first-order chi connectivity index (χ1) is 10.9. The van der Waals surface area contributed by atoms with E-state index in [1.54, 1.807) is 4.90 Å². The largest absolute Gasteiger partial charge is 0.371 e. The van der Waals surface area contributed by atoms with Crippen LogP contribution in [0.5, 0.6) is 0 Å². The number of carbonyl (C=O) groups excluding carboxylic acids is 1. The molecule has 1 aromatic carbocycles. The molecule has 1 aliphatic heterocycles. The Morgan fingerprint density at radius 3 is 2.78 bits per heavy atom. The number of carbonyl (C=O) groups is 1. The number of halogens is 2. The van der Waals surface area contributed by atoms with Crippen molar-refractivity contribution in [2.75, 3.05) is 19.7 Å². The summed E-state index contributed by atoms with van der Waals surface area (Å²) in [5.74, 6) is -1.81. The molecule has 0 radical (unpaired) electrons. The monoisotopic (exact) mass is 324 g/mol. The Hall–Kier alpha value is -1.95. The summed E-state index contributed by atoms with van der Waals surface area (Å²) >= 11 is 0. The highest BCUT2D eigenvalue weighted by molar-refractivity contribution is 5.75. The van der Waals surface area contributed by atoms with Gasteiger partial charge in [-0.2, -0.15) is 0 Å². The fourth-order valence-electron chi connectivity index (χ4n) is 2.66. The third-order valence-corrected chi connectivity index (χ3v) is 3.80. The molecule has 23 heavy (non-hydrogen) atoms. The van der Waals surface area contributed by atoms with Gasteiger partial charge in [0.1, 0.15) is 6.10 Å². The quantitative estimate of drug-likeness (QED) is 0.844. The van der Waals surface area contributed by atoms with Crippen molar-refractivity contribution in [1.82, 2.24) is 10.2 Å². The average molecular weight is 324 g/mol. The van der Waals surface area contributed by atoms with Crippen LogP contribution in [0.1, 0.15) is 31.9 Å². The van der Waals surface area contributed by atoms with Crippen LogP contribution in [0.2, 0.25) is 0 Å². The molecular weight excluding hydrogens is 302 g/mol. The second-order valence-electron chi connectivity index (χ2n) is 5.78. The van der Waals surface area contributed by atoms with Crippen molar-refractivity contribution < 1.29 is 18.3 Å². The summed E-state index contributed by atoms with van der Waals surface area (Å²) in [5, 5.41) is 2.92. The second-order valence-corrected chi connectivity index (χ2v) is 5.78. The lowest BCUT2D eigenvalue weighted by atomic mass is 10.0. The zero-order chi connectivity index (χ0) is 17.0. The van der Waals surface area contributed by atoms with Gasteiger partial charge in [0, 0.05) is 19.7 Å². The van der Waals surface area contributed by atoms with E-state index in [0.717, 1.165) is 17.7 Å². The van der Waals surface area contributed by atoms with Gasteiger partial charge in [-0.05, 0) is 38.0 Å². The van der Waals surface area contributed by atoms with Crippen molar-refractivity contribution in [2.24, 2.45) is 0 Å². The van der Waals surface area contributed by atoms with Crippen molar-refractivity contribution in [2.45, 2.75) is 32.4 Å². The Labute approximate surface area is 135 Å². The number of amides is 2. The molecule has 0 spiro atoms. The molecule has 1 N–H and O–H groups in total. The molecule has 2 atom stereocenters. The van der Waals surface area contributed by atoms with E-state index in [1.807, 2.05) is 13.8 Å². The Morgan fingerprint density at radius 1 is 1.43 bits per heavy atom. The van der Waals surface area contributed by atoms with Crippen LogP contribution in [0.3, 0.4) is 0 Å². The van der Waals surface area contributed by atoms with Crippen LogP contribution in [0.15, 0.2) is 30.4 Å². The van der Waals surface area contributed by atoms with Crippen LogP contribution in [0.4, 0.5) is 13.6 Å². The molecule has 126 valence electrons. The molecule has 6 heteroatoms. The van der Waals surface area contributed by atoms with Gasteiger partial charge in [-0.1, -0.05) is 18.2 Å². The number of hydrogen-bond acceptors (Lipinski definition) is 2. The van der Waals surface area contributed by atoms with Crippen molar-refractivity contribution in [3.05, 3.63) is 47.5 Å². The highest BCUT2D eigenvalue weighted by atomic mass is 19.2. The van der Waals surface area contributed by atoms with E-state index in [0.29, 0.717) is 31.7 Å². The summed E-state index contributed by atoms with van der Waals surface area (Å²) in [4.78, 5) is 14.0. The fraction of sp³-hybridized carbons (Fsp3) is 0.471. The van der Waals surface area contributed by atoms with Gasteiger partial charge in [0.15, 0.2) is 11.6 Å². The zero-order valence-electron chi connectivity index (χ0n) is 13.4. The molecule has 2 rings (SSSR count). The maximum atomic E-state index is 13.4. The van der Waals surface area contributed by atoms with E-state index in [-0.39, 0.29) is 12.1 Å². The standard InChI is InChI=1S/C17H22F2N2O2/c1-4-21(10-11(2)3)17(22)20-15-7-8-23-16(15)12-5-6-13(18)14(19)9-12/h5-6,9,15-16H,2,4,7-8,10H2,1,3H3,(H,20,22)/t15-,16-/m0/s1. The van der Waals surface area contributed by atoms with Gasteiger partial charge < -0.3 is 15.0 Å². The molecule has 1 heterocycles. The van der Waals surface area contributed by atoms with E-state index in [9.17, 15) is 13.6 Å². The number of hydrogen-bond donors (Lipinski definition) is 1. The Kier molecular flexibility index (Phi) is 5.71. The SMILES string of the molecule is C=C(C)CN(CC)C(=O)N[C@H]1CCO[C@H]1c1ccc(F)c(F)c1. The summed E-state index contributed by atoms with van der Waals surface area (Å²) in [6.07, 6.45) is 0.151. The first kappa shape index (κ1) is 17.4. The molecule has 1 aromatic rings. The van der Waals surface area contributed by atoms with E-state index < -0.39 is 17.7 Å². The predicted octanol–water partition coefficient (Wildman–Crippen LogP) is 3.40. The van der Waals surface area contributed by atoms with Gasteiger partial charge in [-0.3, -0.25) is 0 Å². The van der Waals surface area contributed by atoms with Crippen LogP contribution in [0.25, 0.3) is 0 Å². The van der Waals surface area contributed by atoms with Crippen molar-refractivity contribution in [1.29, 1.82) is 0 Å². The zero-order valence-corrected chi connectivity index (χ0v) is 13.4. The van der Waals surface area contributed by atoms with Gasteiger partial charge in [0.25, 0.3) is 0 Å². The second kappa shape index (κ2) is 7.55. The Morgan fingerprint density at radius 2 is 2.17 bits per heavy atom. The van der Waals surface area contributed by atoms with Crippen LogP contribution in [-0.2, 0) is 4.74 Å². The van der Waals surface area contributed by atoms with E-state index in [2.05, 4.69) is 11.9 Å². The first-order valence-electron chi connectivity index (χ1n) is 7.68. The van der Waals surface area contributed by atoms with Gasteiger partial charge >= 0.3 is 6.03 Å². The summed E-state index contributed by atoms with van der Waals surface area (Å²) in [6.45, 7) is 9.06. The van der Waals surface area contributed by atoms with Crippen LogP contribution >= 0.6 is 0 Å². The van der Waals surface area contributed by atoms with E-state index in [1.165, 1.54) is 6.07 Å². The molecule has 0 unspecified atom stereocenters. The molecule has 0 saturated carbocycles. The van der Waals surface area contributed by atoms with Gasteiger partial charge in [-0.15, -0.1) is 0 Å². The number of nitrogens with zero attached hydrogens (tertiary/aromatic N) is 1. The molecule has 0 aromatic heterocycles. The van der Waals surface area contributed by atoms with E-state index >= 15 is 0 Å². The molecule has 1 saturated heterocycles. The number of rotatable bonds is 5. The summed E-state index contributed by atoms with van der Waals surface area (Å²) in [6, 6.07) is 3.20. The van der Waals surface area contributed by atoms with Crippen molar-refractivity contribution >= 4 is 6.03 Å². The highest BCUT2D eigenvalue weighted by Gasteiger charge is 2.32. The van der Waals surface area contributed by atoms with Crippen LogP contribution in [0, 0.1) is 11.6 Å². The minimum absolute atomic E-state index is 0.210. The maximum absolute atomic E-state index is 13.4. The van der Waals surface area contributed by atoms with Crippen LogP contribution < -0.4 is 5.32 Å². The lowest BCUT2D eigenvalue weighted by Crippen LogP contribution is -2.46.